The Morgan fingerprint density at radius 1 is 1.41 bits per heavy atom. The monoisotopic (exact) mass is 253 g/mol. The molecule has 1 aliphatic rings. The molecule has 1 fully saturated rings. The summed E-state index contributed by atoms with van der Waals surface area (Å²) in [5.74, 6) is 0.490. The number of piperidine rings is 1. The maximum Gasteiger partial charge on any atom is 0.0564 e. The second-order valence-electron chi connectivity index (χ2n) is 4.99. The van der Waals surface area contributed by atoms with Crippen molar-refractivity contribution in [1.82, 2.24) is 4.90 Å². The first-order valence-electron chi connectivity index (χ1n) is 6.31. The van der Waals surface area contributed by atoms with Gasteiger partial charge in [0.1, 0.15) is 0 Å². The summed E-state index contributed by atoms with van der Waals surface area (Å²) in [7, 11) is 0. The van der Waals surface area contributed by atoms with Gasteiger partial charge >= 0.3 is 0 Å². The van der Waals surface area contributed by atoms with Gasteiger partial charge in [0, 0.05) is 24.7 Å². The number of hydrogen-bond acceptors (Lipinski definition) is 2. The molecule has 1 unspecified atom stereocenters. The second kappa shape index (κ2) is 5.85. The van der Waals surface area contributed by atoms with Crippen LogP contribution in [-0.4, -0.2) is 35.7 Å². The van der Waals surface area contributed by atoms with Crippen LogP contribution in [0.25, 0.3) is 0 Å². The first-order chi connectivity index (χ1) is 8.15. The van der Waals surface area contributed by atoms with E-state index in [1.54, 1.807) is 0 Å². The standard InChI is InChI=1S/C14H20ClNO/c1-11(12-3-2-4-13(15)9-12)10-16-7-5-14(17)6-8-16/h2-4,9,11,14,17H,5-8,10H2,1H3. The predicted octanol–water partition coefficient (Wildman–Crippen LogP) is 2.90. The van der Waals surface area contributed by atoms with Crippen molar-refractivity contribution in [2.45, 2.75) is 31.8 Å². The van der Waals surface area contributed by atoms with Crippen molar-refractivity contribution in [3.8, 4) is 0 Å². The zero-order valence-corrected chi connectivity index (χ0v) is 11.0. The summed E-state index contributed by atoms with van der Waals surface area (Å²) >= 11 is 6.00. The summed E-state index contributed by atoms with van der Waals surface area (Å²) in [5, 5.41) is 10.3. The largest absolute Gasteiger partial charge is 0.393 e. The van der Waals surface area contributed by atoms with Crippen molar-refractivity contribution in [3.05, 3.63) is 34.9 Å². The van der Waals surface area contributed by atoms with Gasteiger partial charge in [-0.15, -0.1) is 0 Å². The second-order valence-corrected chi connectivity index (χ2v) is 5.42. The highest BCUT2D eigenvalue weighted by molar-refractivity contribution is 6.30. The summed E-state index contributed by atoms with van der Waals surface area (Å²) in [6.07, 6.45) is 1.72. The third-order valence-electron chi connectivity index (χ3n) is 3.51. The Morgan fingerprint density at radius 3 is 2.76 bits per heavy atom. The van der Waals surface area contributed by atoms with Gasteiger partial charge in [-0.25, -0.2) is 0 Å². The maximum atomic E-state index is 9.47. The molecule has 0 spiro atoms. The number of likely N-dealkylation sites (tertiary alicyclic amines) is 1. The molecule has 1 saturated heterocycles. The lowest BCUT2D eigenvalue weighted by Crippen LogP contribution is -2.37. The van der Waals surface area contributed by atoms with Gasteiger partial charge in [0.25, 0.3) is 0 Å². The highest BCUT2D eigenvalue weighted by atomic mass is 35.5. The molecule has 0 saturated carbocycles. The molecule has 0 aromatic heterocycles. The Hall–Kier alpha value is -0.570. The van der Waals surface area contributed by atoms with Crippen molar-refractivity contribution in [3.63, 3.8) is 0 Å². The number of rotatable bonds is 3. The normalized spacial score (nSPS) is 20.4. The molecule has 2 rings (SSSR count). The SMILES string of the molecule is CC(CN1CCC(O)CC1)c1cccc(Cl)c1. The molecule has 0 radical (unpaired) electrons. The molecular formula is C14H20ClNO. The number of halogens is 1. The lowest BCUT2D eigenvalue weighted by Gasteiger charge is -2.31. The third-order valence-corrected chi connectivity index (χ3v) is 3.74. The molecule has 1 aliphatic heterocycles. The van der Waals surface area contributed by atoms with Crippen LogP contribution in [-0.2, 0) is 0 Å². The lowest BCUT2D eigenvalue weighted by molar-refractivity contribution is 0.0803. The number of aliphatic hydroxyl groups excluding tert-OH is 1. The van der Waals surface area contributed by atoms with E-state index in [-0.39, 0.29) is 6.10 Å². The van der Waals surface area contributed by atoms with E-state index in [1.807, 2.05) is 18.2 Å². The summed E-state index contributed by atoms with van der Waals surface area (Å²) in [6.45, 7) is 5.29. The van der Waals surface area contributed by atoms with Crippen LogP contribution in [0.3, 0.4) is 0 Å². The van der Waals surface area contributed by atoms with Crippen LogP contribution in [0.15, 0.2) is 24.3 Å². The van der Waals surface area contributed by atoms with Gasteiger partial charge in [-0.3, -0.25) is 0 Å². The molecule has 3 heteroatoms. The highest BCUT2D eigenvalue weighted by Gasteiger charge is 2.19. The predicted molar refractivity (Wildman–Crippen MR) is 71.5 cm³/mol. The van der Waals surface area contributed by atoms with E-state index in [1.165, 1.54) is 5.56 Å². The topological polar surface area (TPSA) is 23.5 Å². The Kier molecular flexibility index (Phi) is 4.43. The van der Waals surface area contributed by atoms with Crippen molar-refractivity contribution in [2.24, 2.45) is 0 Å². The van der Waals surface area contributed by atoms with Gasteiger partial charge in [0.15, 0.2) is 0 Å². The van der Waals surface area contributed by atoms with E-state index in [0.717, 1.165) is 37.5 Å². The third kappa shape index (κ3) is 3.70. The Morgan fingerprint density at radius 2 is 2.12 bits per heavy atom. The van der Waals surface area contributed by atoms with Crippen LogP contribution >= 0.6 is 11.6 Å². The molecule has 1 N–H and O–H groups in total. The van der Waals surface area contributed by atoms with Crippen LogP contribution < -0.4 is 0 Å². The Balaban J connectivity index is 1.90. The van der Waals surface area contributed by atoms with Gasteiger partial charge in [-0.05, 0) is 36.5 Å². The number of benzene rings is 1. The molecule has 0 aliphatic carbocycles. The van der Waals surface area contributed by atoms with Crippen LogP contribution in [0, 0.1) is 0 Å². The molecule has 0 bridgehead atoms. The van der Waals surface area contributed by atoms with Crippen LogP contribution in [0.1, 0.15) is 31.2 Å². The van der Waals surface area contributed by atoms with Gasteiger partial charge < -0.3 is 10.0 Å². The Bertz CT molecular complexity index is 361. The Labute approximate surface area is 108 Å². The van der Waals surface area contributed by atoms with Crippen LogP contribution in [0.2, 0.25) is 5.02 Å². The maximum absolute atomic E-state index is 9.47. The van der Waals surface area contributed by atoms with E-state index in [4.69, 9.17) is 11.6 Å². The van der Waals surface area contributed by atoms with E-state index >= 15 is 0 Å². The number of nitrogens with zero attached hydrogens (tertiary/aromatic N) is 1. The summed E-state index contributed by atoms with van der Waals surface area (Å²) < 4.78 is 0. The first-order valence-corrected chi connectivity index (χ1v) is 6.69. The molecular weight excluding hydrogens is 234 g/mol. The molecule has 17 heavy (non-hydrogen) atoms. The molecule has 94 valence electrons. The van der Waals surface area contributed by atoms with Crippen molar-refractivity contribution < 1.29 is 5.11 Å². The summed E-state index contributed by atoms with van der Waals surface area (Å²) in [6, 6.07) is 8.10. The zero-order chi connectivity index (χ0) is 12.3. The average Bonchev–Trinajstić information content (AvgIpc) is 2.32. The summed E-state index contributed by atoms with van der Waals surface area (Å²) in [5.41, 5.74) is 1.30. The van der Waals surface area contributed by atoms with Gasteiger partial charge in [0.2, 0.25) is 0 Å². The van der Waals surface area contributed by atoms with Gasteiger partial charge in [-0.2, -0.15) is 0 Å². The highest BCUT2D eigenvalue weighted by Crippen LogP contribution is 2.21. The summed E-state index contributed by atoms with van der Waals surface area (Å²) in [4.78, 5) is 2.43. The fourth-order valence-electron chi connectivity index (χ4n) is 2.41. The van der Waals surface area contributed by atoms with Crippen LogP contribution in [0.4, 0.5) is 0 Å². The molecule has 1 aromatic carbocycles. The zero-order valence-electron chi connectivity index (χ0n) is 10.3. The van der Waals surface area contributed by atoms with Crippen molar-refractivity contribution in [1.29, 1.82) is 0 Å². The van der Waals surface area contributed by atoms with Crippen molar-refractivity contribution >= 4 is 11.6 Å². The minimum Gasteiger partial charge on any atom is -0.393 e. The quantitative estimate of drug-likeness (QED) is 0.896. The average molecular weight is 254 g/mol. The van der Waals surface area contributed by atoms with Crippen molar-refractivity contribution in [2.75, 3.05) is 19.6 Å². The van der Waals surface area contributed by atoms with Gasteiger partial charge in [0.05, 0.1) is 6.10 Å². The minimum absolute atomic E-state index is 0.0901. The van der Waals surface area contributed by atoms with E-state index in [0.29, 0.717) is 5.92 Å². The first kappa shape index (κ1) is 12.9. The molecule has 1 atom stereocenters. The fourth-order valence-corrected chi connectivity index (χ4v) is 2.61. The number of aliphatic hydroxyl groups is 1. The van der Waals surface area contributed by atoms with Crippen LogP contribution in [0.5, 0.6) is 0 Å². The van der Waals surface area contributed by atoms with E-state index in [9.17, 15) is 5.11 Å². The molecule has 1 heterocycles. The smallest absolute Gasteiger partial charge is 0.0564 e. The molecule has 2 nitrogen and oxygen atoms in total. The minimum atomic E-state index is -0.0901. The van der Waals surface area contributed by atoms with E-state index < -0.39 is 0 Å². The molecule has 0 amide bonds. The lowest BCUT2D eigenvalue weighted by atomic mass is 9.99. The van der Waals surface area contributed by atoms with E-state index in [2.05, 4.69) is 17.9 Å². The van der Waals surface area contributed by atoms with Gasteiger partial charge in [-0.1, -0.05) is 30.7 Å². The molecule has 1 aromatic rings. The fraction of sp³-hybridized carbons (Fsp3) is 0.571. The number of hydrogen-bond donors (Lipinski definition) is 1.